The van der Waals surface area contributed by atoms with Crippen molar-refractivity contribution in [1.29, 1.82) is 0 Å². The van der Waals surface area contributed by atoms with Gasteiger partial charge in [-0.3, -0.25) is 4.90 Å². The Morgan fingerprint density at radius 3 is 2.69 bits per heavy atom. The number of benzene rings is 2. The van der Waals surface area contributed by atoms with Crippen molar-refractivity contribution in [1.82, 2.24) is 10.2 Å². The van der Waals surface area contributed by atoms with Gasteiger partial charge in [0.2, 0.25) is 0 Å². The standard InChI is InChI=1S/C22H28N2O2/c1-25-20-7-5-18(6-8-20)21(24-11-2-3-12-24)16-23-15-17-4-9-22-19(14-17)10-13-26-22/h4-9,14,21,23H,2-3,10-13,15-16H2,1H3. The minimum atomic E-state index is 0.418. The molecule has 2 aromatic carbocycles. The number of rotatable bonds is 7. The lowest BCUT2D eigenvalue weighted by Gasteiger charge is -2.28. The second kappa shape index (κ2) is 8.11. The average molecular weight is 352 g/mol. The van der Waals surface area contributed by atoms with E-state index in [-0.39, 0.29) is 0 Å². The lowest BCUT2D eigenvalue weighted by Crippen LogP contribution is -2.34. The first-order valence-electron chi connectivity index (χ1n) is 9.67. The van der Waals surface area contributed by atoms with Gasteiger partial charge in [0.1, 0.15) is 11.5 Å². The minimum Gasteiger partial charge on any atom is -0.497 e. The van der Waals surface area contributed by atoms with Crippen LogP contribution < -0.4 is 14.8 Å². The van der Waals surface area contributed by atoms with Crippen molar-refractivity contribution in [2.75, 3.05) is 33.4 Å². The first kappa shape index (κ1) is 17.4. The molecule has 4 rings (SSSR count). The summed E-state index contributed by atoms with van der Waals surface area (Å²) in [5, 5.41) is 3.68. The van der Waals surface area contributed by atoms with Crippen molar-refractivity contribution < 1.29 is 9.47 Å². The van der Waals surface area contributed by atoms with E-state index in [2.05, 4.69) is 52.7 Å². The molecular weight excluding hydrogens is 324 g/mol. The molecule has 4 nitrogen and oxygen atoms in total. The first-order chi connectivity index (χ1) is 12.8. The molecule has 1 fully saturated rings. The summed E-state index contributed by atoms with van der Waals surface area (Å²) < 4.78 is 10.9. The van der Waals surface area contributed by atoms with E-state index in [0.29, 0.717) is 6.04 Å². The van der Waals surface area contributed by atoms with Crippen molar-refractivity contribution >= 4 is 0 Å². The molecule has 26 heavy (non-hydrogen) atoms. The Hall–Kier alpha value is -2.04. The fourth-order valence-electron chi connectivity index (χ4n) is 4.04. The van der Waals surface area contributed by atoms with Crippen LogP contribution in [0.3, 0.4) is 0 Å². The van der Waals surface area contributed by atoms with Crippen molar-refractivity contribution in [3.05, 3.63) is 59.2 Å². The van der Waals surface area contributed by atoms with Gasteiger partial charge in [-0.05, 0) is 60.8 Å². The van der Waals surface area contributed by atoms with Gasteiger partial charge in [-0.15, -0.1) is 0 Å². The molecule has 138 valence electrons. The van der Waals surface area contributed by atoms with Crippen LogP contribution in [0.15, 0.2) is 42.5 Å². The Kier molecular flexibility index (Phi) is 5.42. The van der Waals surface area contributed by atoms with Gasteiger partial charge in [-0.25, -0.2) is 0 Å². The fraction of sp³-hybridized carbons (Fsp3) is 0.455. The molecule has 0 aliphatic carbocycles. The summed E-state index contributed by atoms with van der Waals surface area (Å²) in [7, 11) is 1.72. The molecule has 1 unspecified atom stereocenters. The van der Waals surface area contributed by atoms with Crippen LogP contribution in [0.5, 0.6) is 11.5 Å². The summed E-state index contributed by atoms with van der Waals surface area (Å²) >= 11 is 0. The molecule has 4 heteroatoms. The topological polar surface area (TPSA) is 33.7 Å². The third kappa shape index (κ3) is 3.87. The van der Waals surface area contributed by atoms with Crippen LogP contribution in [0, 0.1) is 0 Å². The molecule has 2 aliphatic heterocycles. The number of nitrogens with one attached hydrogen (secondary N) is 1. The van der Waals surface area contributed by atoms with Gasteiger partial charge in [-0.2, -0.15) is 0 Å². The van der Waals surface area contributed by atoms with Gasteiger partial charge in [0.05, 0.1) is 13.7 Å². The molecule has 1 N–H and O–H groups in total. The number of ether oxygens (including phenoxy) is 2. The van der Waals surface area contributed by atoms with E-state index in [1.807, 2.05) is 0 Å². The second-order valence-corrected chi connectivity index (χ2v) is 7.20. The normalized spacial score (nSPS) is 17.7. The number of hydrogen-bond acceptors (Lipinski definition) is 4. The number of nitrogens with zero attached hydrogens (tertiary/aromatic N) is 1. The van der Waals surface area contributed by atoms with Crippen LogP contribution in [-0.4, -0.2) is 38.3 Å². The van der Waals surface area contributed by atoms with Crippen molar-refractivity contribution in [3.63, 3.8) is 0 Å². The predicted molar refractivity (Wildman–Crippen MR) is 104 cm³/mol. The number of fused-ring (bicyclic) bond motifs is 1. The van der Waals surface area contributed by atoms with Gasteiger partial charge in [0.15, 0.2) is 0 Å². The van der Waals surface area contributed by atoms with Crippen LogP contribution >= 0.6 is 0 Å². The highest BCUT2D eigenvalue weighted by Crippen LogP contribution is 2.27. The molecule has 2 aromatic rings. The maximum Gasteiger partial charge on any atom is 0.122 e. The Labute approximate surface area is 156 Å². The molecule has 0 amide bonds. The van der Waals surface area contributed by atoms with E-state index in [0.717, 1.165) is 37.6 Å². The highest BCUT2D eigenvalue weighted by Gasteiger charge is 2.23. The largest absolute Gasteiger partial charge is 0.497 e. The monoisotopic (exact) mass is 352 g/mol. The lowest BCUT2D eigenvalue weighted by atomic mass is 10.0. The Morgan fingerprint density at radius 2 is 1.92 bits per heavy atom. The first-order valence-corrected chi connectivity index (χ1v) is 9.67. The van der Waals surface area contributed by atoms with Gasteiger partial charge in [-0.1, -0.05) is 24.3 Å². The molecule has 2 heterocycles. The van der Waals surface area contributed by atoms with E-state index in [1.54, 1.807) is 7.11 Å². The number of hydrogen-bond donors (Lipinski definition) is 1. The summed E-state index contributed by atoms with van der Waals surface area (Å²) in [5.41, 5.74) is 4.04. The quantitative estimate of drug-likeness (QED) is 0.826. The highest BCUT2D eigenvalue weighted by molar-refractivity contribution is 5.39. The molecule has 0 saturated carbocycles. The van der Waals surface area contributed by atoms with Crippen LogP contribution in [0.1, 0.15) is 35.6 Å². The van der Waals surface area contributed by atoms with Gasteiger partial charge in [0.25, 0.3) is 0 Å². The maximum atomic E-state index is 5.60. The molecule has 1 atom stereocenters. The van der Waals surface area contributed by atoms with Crippen LogP contribution in [0.4, 0.5) is 0 Å². The van der Waals surface area contributed by atoms with Crippen molar-refractivity contribution in [2.24, 2.45) is 0 Å². The van der Waals surface area contributed by atoms with Crippen LogP contribution in [-0.2, 0) is 13.0 Å². The summed E-state index contributed by atoms with van der Waals surface area (Å²) in [6.07, 6.45) is 3.64. The molecule has 0 aromatic heterocycles. The zero-order valence-corrected chi connectivity index (χ0v) is 15.5. The molecule has 1 saturated heterocycles. The third-order valence-electron chi connectivity index (χ3n) is 5.50. The molecule has 0 bridgehead atoms. The zero-order valence-electron chi connectivity index (χ0n) is 15.5. The molecule has 0 spiro atoms. The molecule has 0 radical (unpaired) electrons. The van der Waals surface area contributed by atoms with Gasteiger partial charge >= 0.3 is 0 Å². The van der Waals surface area contributed by atoms with Gasteiger partial charge < -0.3 is 14.8 Å². The Balaban J connectivity index is 1.41. The highest BCUT2D eigenvalue weighted by atomic mass is 16.5. The number of methoxy groups -OCH3 is 1. The summed E-state index contributed by atoms with van der Waals surface area (Å²) in [5.74, 6) is 1.98. The van der Waals surface area contributed by atoms with E-state index in [1.165, 1.54) is 42.6 Å². The van der Waals surface area contributed by atoms with Gasteiger partial charge in [0, 0.05) is 25.6 Å². The lowest BCUT2D eigenvalue weighted by molar-refractivity contribution is 0.238. The van der Waals surface area contributed by atoms with Crippen molar-refractivity contribution in [3.8, 4) is 11.5 Å². The van der Waals surface area contributed by atoms with E-state index in [9.17, 15) is 0 Å². The van der Waals surface area contributed by atoms with Crippen LogP contribution in [0.25, 0.3) is 0 Å². The minimum absolute atomic E-state index is 0.418. The zero-order chi connectivity index (χ0) is 17.8. The summed E-state index contributed by atoms with van der Waals surface area (Å²) in [6.45, 7) is 5.05. The summed E-state index contributed by atoms with van der Waals surface area (Å²) in [6, 6.07) is 15.5. The van der Waals surface area contributed by atoms with Crippen molar-refractivity contribution in [2.45, 2.75) is 31.8 Å². The molecular formula is C22H28N2O2. The van der Waals surface area contributed by atoms with E-state index >= 15 is 0 Å². The Bertz CT molecular complexity index is 723. The van der Waals surface area contributed by atoms with E-state index < -0.39 is 0 Å². The van der Waals surface area contributed by atoms with E-state index in [4.69, 9.17) is 9.47 Å². The average Bonchev–Trinajstić information content (AvgIpc) is 3.37. The molecule has 2 aliphatic rings. The maximum absolute atomic E-state index is 5.60. The van der Waals surface area contributed by atoms with Crippen LogP contribution in [0.2, 0.25) is 0 Å². The summed E-state index contributed by atoms with van der Waals surface area (Å²) in [4.78, 5) is 2.60. The number of likely N-dealkylation sites (tertiary alicyclic amines) is 1. The SMILES string of the molecule is COc1ccc(C(CNCc2ccc3c(c2)CCO3)N2CCCC2)cc1. The fourth-order valence-corrected chi connectivity index (χ4v) is 4.04. The predicted octanol–water partition coefficient (Wildman–Crippen LogP) is 3.56. The Morgan fingerprint density at radius 1 is 1.12 bits per heavy atom. The second-order valence-electron chi connectivity index (χ2n) is 7.20. The smallest absolute Gasteiger partial charge is 0.122 e. The third-order valence-corrected chi connectivity index (χ3v) is 5.50.